The summed E-state index contributed by atoms with van der Waals surface area (Å²) in [7, 11) is 0. The molecule has 2 rings (SSSR count). The first-order valence-corrected chi connectivity index (χ1v) is 8.01. The van der Waals surface area contributed by atoms with E-state index in [4.69, 9.17) is 5.73 Å². The number of anilines is 1. The van der Waals surface area contributed by atoms with Crippen LogP contribution < -0.4 is 5.73 Å². The number of rotatable bonds is 4. The van der Waals surface area contributed by atoms with E-state index in [1.807, 2.05) is 6.92 Å². The lowest BCUT2D eigenvalue weighted by atomic mass is 10.0. The van der Waals surface area contributed by atoms with Gasteiger partial charge < -0.3 is 10.8 Å². The molecule has 5 nitrogen and oxygen atoms in total. The summed E-state index contributed by atoms with van der Waals surface area (Å²) in [5.41, 5.74) is 7.48. The number of phenols is 1. The fourth-order valence-electron chi connectivity index (χ4n) is 1.87. The molecular formula is C15H13Br2N3O2. The first-order chi connectivity index (χ1) is 10.5. The van der Waals surface area contributed by atoms with Crippen LogP contribution >= 0.6 is 31.9 Å². The van der Waals surface area contributed by atoms with Crippen LogP contribution in [0, 0.1) is 0 Å². The first kappa shape index (κ1) is 16.6. The predicted octanol–water partition coefficient (Wildman–Crippen LogP) is 3.59. The number of carbonyl (C=O) groups excluding carboxylic acids is 1. The zero-order chi connectivity index (χ0) is 16.3. The van der Waals surface area contributed by atoms with E-state index < -0.39 is 0 Å². The number of Topliss-reactive ketones (excluding diaryl/α,β-unsaturated/α-hetero) is 1. The van der Waals surface area contributed by atoms with Gasteiger partial charge in [-0.15, -0.1) is 0 Å². The van der Waals surface area contributed by atoms with Gasteiger partial charge in [0.2, 0.25) is 5.78 Å². The van der Waals surface area contributed by atoms with Crippen LogP contribution in [0.5, 0.6) is 5.75 Å². The summed E-state index contributed by atoms with van der Waals surface area (Å²) in [5.74, 6) is -0.255. The molecule has 0 amide bonds. The standard InChI is InChI=1S/C15H13Br2N3O2/c1-2-20-13(9-7-19-4-3-12(9)18)14(21)8-5-10(16)15(22)11(17)6-8/h3-7,22H,2H2,1H3,(H2,18,19). The van der Waals surface area contributed by atoms with Crippen LogP contribution in [0.4, 0.5) is 5.69 Å². The highest BCUT2D eigenvalue weighted by Crippen LogP contribution is 2.33. The Hall–Kier alpha value is -1.73. The number of pyridine rings is 1. The average molecular weight is 427 g/mol. The fourth-order valence-corrected chi connectivity index (χ4v) is 3.06. The Morgan fingerprint density at radius 3 is 2.55 bits per heavy atom. The molecular weight excluding hydrogens is 414 g/mol. The van der Waals surface area contributed by atoms with Gasteiger partial charge in [0.15, 0.2) is 0 Å². The molecule has 7 heteroatoms. The van der Waals surface area contributed by atoms with Crippen molar-refractivity contribution in [2.45, 2.75) is 6.92 Å². The highest BCUT2D eigenvalue weighted by Gasteiger charge is 2.20. The normalized spacial score (nSPS) is 11.5. The second-order valence-corrected chi connectivity index (χ2v) is 6.11. The summed E-state index contributed by atoms with van der Waals surface area (Å²) in [5, 5.41) is 9.75. The monoisotopic (exact) mass is 425 g/mol. The zero-order valence-electron chi connectivity index (χ0n) is 11.7. The Morgan fingerprint density at radius 1 is 1.36 bits per heavy atom. The van der Waals surface area contributed by atoms with Crippen molar-refractivity contribution < 1.29 is 9.90 Å². The van der Waals surface area contributed by atoms with Crippen molar-refractivity contribution in [3.63, 3.8) is 0 Å². The summed E-state index contributed by atoms with van der Waals surface area (Å²) >= 11 is 6.43. The Bertz CT molecular complexity index is 737. The summed E-state index contributed by atoms with van der Waals surface area (Å²) < 4.78 is 0.834. The fraction of sp³-hybridized carbons (Fsp3) is 0.133. The van der Waals surface area contributed by atoms with Gasteiger partial charge in [-0.25, -0.2) is 0 Å². The average Bonchev–Trinajstić information content (AvgIpc) is 2.50. The molecule has 0 radical (unpaired) electrons. The van der Waals surface area contributed by atoms with E-state index in [2.05, 4.69) is 41.8 Å². The summed E-state index contributed by atoms with van der Waals surface area (Å²) in [4.78, 5) is 21.0. The number of aromatic nitrogens is 1. The van der Waals surface area contributed by atoms with Crippen LogP contribution in [0.1, 0.15) is 22.8 Å². The number of nitrogens with two attached hydrogens (primary N) is 1. The Kier molecular flexibility index (Phi) is 5.31. The van der Waals surface area contributed by atoms with Gasteiger partial charge in [-0.1, -0.05) is 0 Å². The van der Waals surface area contributed by atoms with Crippen LogP contribution in [0.2, 0.25) is 0 Å². The van der Waals surface area contributed by atoms with Crippen molar-refractivity contribution >= 4 is 49.0 Å². The van der Waals surface area contributed by atoms with Gasteiger partial charge in [0.1, 0.15) is 11.5 Å². The molecule has 1 aromatic carbocycles. The van der Waals surface area contributed by atoms with Gasteiger partial charge in [-0.2, -0.15) is 0 Å². The van der Waals surface area contributed by atoms with Crippen molar-refractivity contribution in [3.8, 4) is 5.75 Å². The maximum Gasteiger partial charge on any atom is 0.211 e. The highest BCUT2D eigenvalue weighted by atomic mass is 79.9. The Balaban J connectivity index is 2.53. The van der Waals surface area contributed by atoms with Gasteiger partial charge in [-0.05, 0) is 57.0 Å². The molecule has 1 aromatic heterocycles. The topological polar surface area (TPSA) is 88.6 Å². The van der Waals surface area contributed by atoms with E-state index in [0.717, 1.165) is 0 Å². The van der Waals surface area contributed by atoms with E-state index >= 15 is 0 Å². The van der Waals surface area contributed by atoms with E-state index in [1.54, 1.807) is 24.4 Å². The minimum Gasteiger partial charge on any atom is -0.506 e. The van der Waals surface area contributed by atoms with Crippen molar-refractivity contribution in [3.05, 3.63) is 50.7 Å². The first-order valence-electron chi connectivity index (χ1n) is 6.42. The number of hydrogen-bond acceptors (Lipinski definition) is 5. The van der Waals surface area contributed by atoms with Crippen molar-refractivity contribution in [2.24, 2.45) is 4.99 Å². The van der Waals surface area contributed by atoms with Crippen LogP contribution in [0.15, 0.2) is 44.5 Å². The molecule has 1 heterocycles. The van der Waals surface area contributed by atoms with E-state index in [1.165, 1.54) is 6.20 Å². The molecule has 0 atom stereocenters. The Morgan fingerprint density at radius 2 is 2.00 bits per heavy atom. The quantitative estimate of drug-likeness (QED) is 0.577. The van der Waals surface area contributed by atoms with Gasteiger partial charge in [0.25, 0.3) is 0 Å². The zero-order valence-corrected chi connectivity index (χ0v) is 14.8. The number of phenolic OH excluding ortho intramolecular Hbond substituents is 1. The SMILES string of the molecule is CCN=C(C(=O)c1cc(Br)c(O)c(Br)c1)c1cnccc1N. The van der Waals surface area contributed by atoms with Crippen LogP contribution in [0.25, 0.3) is 0 Å². The smallest absolute Gasteiger partial charge is 0.211 e. The second kappa shape index (κ2) is 7.02. The lowest BCUT2D eigenvalue weighted by Crippen LogP contribution is -2.18. The van der Waals surface area contributed by atoms with E-state index in [0.29, 0.717) is 32.3 Å². The van der Waals surface area contributed by atoms with E-state index in [9.17, 15) is 9.90 Å². The lowest BCUT2D eigenvalue weighted by Gasteiger charge is -2.10. The number of carbonyl (C=O) groups is 1. The molecule has 0 aliphatic heterocycles. The number of hydrogen-bond donors (Lipinski definition) is 2. The molecule has 0 bridgehead atoms. The second-order valence-electron chi connectivity index (χ2n) is 4.40. The predicted molar refractivity (Wildman–Crippen MR) is 93.6 cm³/mol. The highest BCUT2D eigenvalue weighted by molar-refractivity contribution is 9.11. The van der Waals surface area contributed by atoms with Crippen molar-refractivity contribution in [2.75, 3.05) is 12.3 Å². The number of benzene rings is 1. The molecule has 22 heavy (non-hydrogen) atoms. The van der Waals surface area contributed by atoms with Gasteiger partial charge >= 0.3 is 0 Å². The molecule has 0 spiro atoms. The van der Waals surface area contributed by atoms with Gasteiger partial charge in [0.05, 0.1) is 8.95 Å². The molecule has 0 saturated carbocycles. The molecule has 114 valence electrons. The van der Waals surface area contributed by atoms with Gasteiger partial charge in [0, 0.05) is 35.8 Å². The maximum absolute atomic E-state index is 12.8. The van der Waals surface area contributed by atoms with Gasteiger partial charge in [-0.3, -0.25) is 14.8 Å². The third-order valence-electron chi connectivity index (χ3n) is 2.92. The number of aliphatic imine (C=N–C) groups is 1. The number of nitrogens with zero attached hydrogens (tertiary/aromatic N) is 2. The van der Waals surface area contributed by atoms with Crippen LogP contribution in [-0.2, 0) is 0 Å². The molecule has 0 unspecified atom stereocenters. The van der Waals surface area contributed by atoms with Crippen molar-refractivity contribution in [1.82, 2.24) is 4.98 Å². The maximum atomic E-state index is 12.8. The summed E-state index contributed by atoms with van der Waals surface area (Å²) in [6.45, 7) is 2.28. The van der Waals surface area contributed by atoms with E-state index in [-0.39, 0.29) is 17.2 Å². The molecule has 0 saturated heterocycles. The molecule has 0 aliphatic carbocycles. The summed E-state index contributed by atoms with van der Waals surface area (Å²) in [6, 6.07) is 4.71. The minimum absolute atomic E-state index is 0.0337. The number of nitrogen functional groups attached to an aromatic ring is 1. The minimum atomic E-state index is -0.289. The molecule has 3 N–H and O–H groups in total. The largest absolute Gasteiger partial charge is 0.506 e. The number of ketones is 1. The molecule has 0 aliphatic rings. The van der Waals surface area contributed by atoms with Crippen molar-refractivity contribution in [1.29, 1.82) is 0 Å². The molecule has 0 fully saturated rings. The van der Waals surface area contributed by atoms with Crippen LogP contribution in [0.3, 0.4) is 0 Å². The third kappa shape index (κ3) is 3.36. The molecule has 2 aromatic rings. The number of aromatic hydroxyl groups is 1. The third-order valence-corrected chi connectivity index (χ3v) is 4.13. The summed E-state index contributed by atoms with van der Waals surface area (Å²) in [6.07, 6.45) is 3.08. The lowest BCUT2D eigenvalue weighted by molar-refractivity contribution is 0.106. The van der Waals surface area contributed by atoms with Crippen LogP contribution in [-0.4, -0.2) is 28.1 Å². The number of halogens is 2. The Labute approximate surface area is 144 Å².